The number of aryl methyl sites for hydroxylation is 1. The van der Waals surface area contributed by atoms with E-state index < -0.39 is 5.82 Å². The molecule has 0 spiro atoms. The van der Waals surface area contributed by atoms with E-state index in [9.17, 15) is 4.39 Å². The predicted molar refractivity (Wildman–Crippen MR) is 96.1 cm³/mol. The fourth-order valence-corrected chi connectivity index (χ4v) is 2.37. The largest absolute Gasteiger partial charge is 0.393 e. The minimum Gasteiger partial charge on any atom is -0.393 e. The maximum Gasteiger partial charge on any atom is 0.160 e. The van der Waals surface area contributed by atoms with Crippen LogP contribution in [0.1, 0.15) is 5.56 Å². The Labute approximate surface area is 146 Å². The monoisotopic (exact) mass is 388 g/mol. The molecule has 0 aliphatic carbocycles. The lowest BCUT2D eigenvalue weighted by molar-refractivity contribution is 0.631. The summed E-state index contributed by atoms with van der Waals surface area (Å²) in [6.45, 7) is 1.96. The molecule has 0 aliphatic rings. The smallest absolute Gasteiger partial charge is 0.160 e. The number of halogens is 2. The zero-order valence-electron chi connectivity index (χ0n) is 12.7. The number of nitrogen functional groups attached to an aromatic ring is 1. The van der Waals surface area contributed by atoms with Gasteiger partial charge in [-0.05, 0) is 42.8 Å². The van der Waals surface area contributed by atoms with Gasteiger partial charge >= 0.3 is 0 Å². The van der Waals surface area contributed by atoms with Crippen molar-refractivity contribution in [1.82, 2.24) is 15.0 Å². The Morgan fingerprint density at radius 2 is 1.79 bits per heavy atom. The van der Waals surface area contributed by atoms with Gasteiger partial charge in [-0.3, -0.25) is 0 Å². The molecular formula is C16H14BrFN6. The first-order chi connectivity index (χ1) is 11.5. The number of benzene rings is 1. The van der Waals surface area contributed by atoms with Crippen LogP contribution < -0.4 is 16.4 Å². The van der Waals surface area contributed by atoms with Gasteiger partial charge in [-0.1, -0.05) is 15.9 Å². The maximum absolute atomic E-state index is 14.0. The summed E-state index contributed by atoms with van der Waals surface area (Å²) in [7, 11) is 0. The van der Waals surface area contributed by atoms with Crippen molar-refractivity contribution in [1.29, 1.82) is 0 Å². The predicted octanol–water partition coefficient (Wildman–Crippen LogP) is 4.15. The summed E-state index contributed by atoms with van der Waals surface area (Å²) in [5.74, 6) is 0.892. The maximum atomic E-state index is 14.0. The van der Waals surface area contributed by atoms with Crippen LogP contribution in [-0.4, -0.2) is 15.0 Å². The first-order valence-corrected chi connectivity index (χ1v) is 7.84. The van der Waals surface area contributed by atoms with E-state index >= 15 is 0 Å². The molecule has 0 radical (unpaired) electrons. The number of aromatic nitrogens is 3. The topological polar surface area (TPSA) is 88.8 Å². The van der Waals surface area contributed by atoms with E-state index in [-0.39, 0.29) is 11.4 Å². The van der Waals surface area contributed by atoms with E-state index in [1.165, 1.54) is 12.4 Å². The molecule has 4 N–H and O–H groups in total. The van der Waals surface area contributed by atoms with Crippen molar-refractivity contribution in [3.8, 4) is 0 Å². The number of nitrogens with one attached hydrogen (secondary N) is 2. The molecular weight excluding hydrogens is 375 g/mol. The van der Waals surface area contributed by atoms with Gasteiger partial charge in [-0.2, -0.15) is 0 Å². The Bertz CT molecular complexity index is 886. The van der Waals surface area contributed by atoms with Crippen LogP contribution in [0.5, 0.6) is 0 Å². The van der Waals surface area contributed by atoms with Crippen molar-refractivity contribution in [2.45, 2.75) is 6.92 Å². The normalized spacial score (nSPS) is 10.5. The standard InChI is InChI=1S/C16H14BrFN6/c1-9-4-5-20-13(6-9)24-16-14(19)15(21-8-22-16)23-12-3-2-10(17)7-11(12)18/h2-8H,19H2,1H3,(H2,20,21,22,23,24). The summed E-state index contributed by atoms with van der Waals surface area (Å²) < 4.78 is 14.6. The molecule has 0 atom stereocenters. The van der Waals surface area contributed by atoms with Gasteiger partial charge in [0, 0.05) is 10.7 Å². The molecule has 0 fully saturated rings. The van der Waals surface area contributed by atoms with E-state index in [1.54, 1.807) is 18.3 Å². The molecule has 122 valence electrons. The second-order valence-electron chi connectivity index (χ2n) is 5.08. The number of hydrogen-bond acceptors (Lipinski definition) is 6. The third kappa shape index (κ3) is 3.60. The average molecular weight is 389 g/mol. The highest BCUT2D eigenvalue weighted by molar-refractivity contribution is 9.10. The van der Waals surface area contributed by atoms with Crippen LogP contribution >= 0.6 is 15.9 Å². The molecule has 1 aromatic carbocycles. The Hall–Kier alpha value is -2.74. The zero-order valence-corrected chi connectivity index (χ0v) is 14.3. The lowest BCUT2D eigenvalue weighted by Gasteiger charge is -2.13. The highest BCUT2D eigenvalue weighted by Gasteiger charge is 2.11. The second kappa shape index (κ2) is 6.79. The number of pyridine rings is 1. The molecule has 2 aromatic heterocycles. The van der Waals surface area contributed by atoms with Crippen LogP contribution in [0, 0.1) is 12.7 Å². The highest BCUT2D eigenvalue weighted by atomic mass is 79.9. The SMILES string of the molecule is Cc1ccnc(Nc2ncnc(Nc3ccc(Br)cc3F)c2N)c1. The first kappa shape index (κ1) is 16.1. The van der Waals surface area contributed by atoms with E-state index in [0.717, 1.165) is 5.56 Å². The van der Waals surface area contributed by atoms with Crippen molar-refractivity contribution in [3.05, 3.63) is 58.7 Å². The third-order valence-corrected chi connectivity index (χ3v) is 3.72. The van der Waals surface area contributed by atoms with E-state index in [2.05, 4.69) is 41.5 Å². The highest BCUT2D eigenvalue weighted by Crippen LogP contribution is 2.29. The number of rotatable bonds is 4. The molecule has 8 heteroatoms. The molecule has 0 unspecified atom stereocenters. The van der Waals surface area contributed by atoms with Crippen molar-refractivity contribution in [3.63, 3.8) is 0 Å². The molecule has 6 nitrogen and oxygen atoms in total. The molecule has 24 heavy (non-hydrogen) atoms. The molecule has 3 aromatic rings. The fourth-order valence-electron chi connectivity index (χ4n) is 2.04. The second-order valence-corrected chi connectivity index (χ2v) is 5.99. The van der Waals surface area contributed by atoms with Gasteiger partial charge < -0.3 is 16.4 Å². The summed E-state index contributed by atoms with van der Waals surface area (Å²) in [6.07, 6.45) is 3.03. The zero-order chi connectivity index (χ0) is 17.1. The van der Waals surface area contributed by atoms with Gasteiger partial charge in [-0.15, -0.1) is 0 Å². The molecule has 0 bridgehead atoms. The third-order valence-electron chi connectivity index (χ3n) is 3.23. The summed E-state index contributed by atoms with van der Waals surface area (Å²) >= 11 is 3.22. The number of hydrogen-bond donors (Lipinski definition) is 3. The van der Waals surface area contributed by atoms with Crippen molar-refractivity contribution in [2.24, 2.45) is 0 Å². The average Bonchev–Trinajstić information content (AvgIpc) is 2.54. The Balaban J connectivity index is 1.88. The van der Waals surface area contributed by atoms with Gasteiger partial charge in [0.05, 0.1) is 5.69 Å². The number of nitrogens with two attached hydrogens (primary N) is 1. The minimum absolute atomic E-state index is 0.267. The summed E-state index contributed by atoms with van der Waals surface area (Å²) in [4.78, 5) is 12.4. The van der Waals surface area contributed by atoms with Crippen molar-refractivity contribution in [2.75, 3.05) is 16.4 Å². The van der Waals surface area contributed by atoms with Crippen LogP contribution in [0.25, 0.3) is 0 Å². The summed E-state index contributed by atoms with van der Waals surface area (Å²) in [6, 6.07) is 8.42. The van der Waals surface area contributed by atoms with Gasteiger partial charge in [0.25, 0.3) is 0 Å². The first-order valence-electron chi connectivity index (χ1n) is 7.05. The summed E-state index contributed by atoms with van der Waals surface area (Å²) in [5.41, 5.74) is 7.67. The molecule has 3 rings (SSSR count). The Morgan fingerprint density at radius 1 is 1.04 bits per heavy atom. The van der Waals surface area contributed by atoms with Crippen molar-refractivity contribution < 1.29 is 4.39 Å². The Kier molecular flexibility index (Phi) is 4.57. The van der Waals surface area contributed by atoms with Crippen LogP contribution in [0.3, 0.4) is 0 Å². The molecule has 0 aliphatic heterocycles. The number of nitrogens with zero attached hydrogens (tertiary/aromatic N) is 3. The fraction of sp³-hybridized carbons (Fsp3) is 0.0625. The Morgan fingerprint density at radius 3 is 2.50 bits per heavy atom. The molecule has 0 amide bonds. The van der Waals surface area contributed by atoms with E-state index in [4.69, 9.17) is 5.73 Å². The molecule has 0 saturated carbocycles. The van der Waals surface area contributed by atoms with Gasteiger partial charge in [0.1, 0.15) is 23.6 Å². The van der Waals surface area contributed by atoms with Crippen LogP contribution in [0.2, 0.25) is 0 Å². The van der Waals surface area contributed by atoms with Gasteiger partial charge in [-0.25, -0.2) is 19.3 Å². The lowest BCUT2D eigenvalue weighted by atomic mass is 10.3. The van der Waals surface area contributed by atoms with Gasteiger partial charge in [0.15, 0.2) is 11.6 Å². The van der Waals surface area contributed by atoms with Crippen LogP contribution in [0.15, 0.2) is 47.3 Å². The lowest BCUT2D eigenvalue weighted by Crippen LogP contribution is -2.06. The van der Waals surface area contributed by atoms with Gasteiger partial charge in [0.2, 0.25) is 0 Å². The summed E-state index contributed by atoms with van der Waals surface area (Å²) in [5, 5.41) is 5.91. The minimum atomic E-state index is -0.419. The molecule has 0 saturated heterocycles. The molecule has 2 heterocycles. The van der Waals surface area contributed by atoms with E-state index in [0.29, 0.717) is 21.9 Å². The van der Waals surface area contributed by atoms with E-state index in [1.807, 2.05) is 19.1 Å². The van der Waals surface area contributed by atoms with Crippen LogP contribution in [-0.2, 0) is 0 Å². The quantitative estimate of drug-likeness (QED) is 0.621. The van der Waals surface area contributed by atoms with Crippen LogP contribution in [0.4, 0.5) is 33.2 Å². The van der Waals surface area contributed by atoms with Crippen molar-refractivity contribution >= 4 is 44.8 Å². The number of anilines is 5.